The highest BCUT2D eigenvalue weighted by molar-refractivity contribution is 9.10. The maximum absolute atomic E-state index is 12.8. The molecule has 2 aromatic rings. The van der Waals surface area contributed by atoms with Crippen molar-refractivity contribution in [2.75, 3.05) is 0 Å². The van der Waals surface area contributed by atoms with Crippen LogP contribution in [0.3, 0.4) is 0 Å². The lowest BCUT2D eigenvalue weighted by atomic mass is 10.2. The Kier molecular flexibility index (Phi) is 3.51. The van der Waals surface area contributed by atoms with Crippen molar-refractivity contribution in [3.05, 3.63) is 58.4 Å². The molecule has 82 valence electrons. The van der Waals surface area contributed by atoms with Crippen molar-refractivity contribution in [3.63, 3.8) is 0 Å². The summed E-state index contributed by atoms with van der Waals surface area (Å²) in [4.78, 5) is 3.61. The summed E-state index contributed by atoms with van der Waals surface area (Å²) in [6, 6.07) is 12.2. The number of ether oxygens (including phenoxy) is 1. The molecule has 0 aliphatic carbocycles. The minimum atomic E-state index is -0.537. The Hall–Kier alpha value is -1.42. The smallest absolute Gasteiger partial charge is 0.216 e. The molecule has 1 heterocycles. The van der Waals surface area contributed by atoms with Crippen LogP contribution in [0.25, 0.3) is 0 Å². The lowest BCUT2D eigenvalue weighted by molar-refractivity contribution is 0.288. The first kappa shape index (κ1) is 11.1. The zero-order valence-electron chi connectivity index (χ0n) is 8.36. The molecule has 0 fully saturated rings. The van der Waals surface area contributed by atoms with Crippen LogP contribution in [0.4, 0.5) is 4.39 Å². The van der Waals surface area contributed by atoms with Gasteiger partial charge in [-0.05, 0) is 12.1 Å². The van der Waals surface area contributed by atoms with Gasteiger partial charge in [-0.1, -0.05) is 40.2 Å². The molecule has 4 heteroatoms. The van der Waals surface area contributed by atoms with Crippen molar-refractivity contribution < 1.29 is 9.13 Å². The third-order valence-corrected chi connectivity index (χ3v) is 2.80. The number of hydrogen-bond acceptors (Lipinski definition) is 2. The van der Waals surface area contributed by atoms with E-state index in [1.807, 2.05) is 24.3 Å². The molecule has 0 aliphatic rings. The molecule has 0 N–H and O–H groups in total. The molecule has 0 bridgehead atoms. The minimum absolute atomic E-state index is 0.288. The molecule has 0 spiro atoms. The molecule has 2 nitrogen and oxygen atoms in total. The van der Waals surface area contributed by atoms with Gasteiger partial charge in [-0.3, -0.25) is 0 Å². The molecule has 0 amide bonds. The maximum Gasteiger partial charge on any atom is 0.216 e. The van der Waals surface area contributed by atoms with E-state index in [4.69, 9.17) is 4.74 Å². The maximum atomic E-state index is 12.8. The summed E-state index contributed by atoms with van der Waals surface area (Å²) in [6.07, 6.45) is 0. The van der Waals surface area contributed by atoms with Gasteiger partial charge in [0.2, 0.25) is 11.8 Å². The molecule has 1 aromatic carbocycles. The predicted octanol–water partition coefficient (Wildman–Crippen LogP) is 3.56. The van der Waals surface area contributed by atoms with Gasteiger partial charge in [0.1, 0.15) is 6.61 Å². The van der Waals surface area contributed by atoms with Crippen LogP contribution in [-0.4, -0.2) is 4.98 Å². The molecule has 0 unspecified atom stereocenters. The zero-order valence-corrected chi connectivity index (χ0v) is 9.95. The van der Waals surface area contributed by atoms with Gasteiger partial charge in [0.25, 0.3) is 0 Å². The van der Waals surface area contributed by atoms with Crippen LogP contribution in [0, 0.1) is 5.95 Å². The van der Waals surface area contributed by atoms with E-state index >= 15 is 0 Å². The lowest BCUT2D eigenvalue weighted by Gasteiger charge is -2.06. The van der Waals surface area contributed by atoms with Crippen molar-refractivity contribution in [1.29, 1.82) is 0 Å². The number of nitrogens with zero attached hydrogens (tertiary/aromatic N) is 1. The lowest BCUT2D eigenvalue weighted by Crippen LogP contribution is -1.98. The molecular weight excluding hydrogens is 273 g/mol. The summed E-state index contributed by atoms with van der Waals surface area (Å²) in [5, 5.41) is 0. The van der Waals surface area contributed by atoms with E-state index in [1.165, 1.54) is 6.07 Å². The van der Waals surface area contributed by atoms with E-state index in [0.29, 0.717) is 6.61 Å². The molecule has 0 atom stereocenters. The van der Waals surface area contributed by atoms with Crippen LogP contribution in [0.1, 0.15) is 5.56 Å². The fraction of sp³-hybridized carbons (Fsp3) is 0.0833. The van der Waals surface area contributed by atoms with Gasteiger partial charge in [-0.15, -0.1) is 0 Å². The normalized spacial score (nSPS) is 10.1. The Morgan fingerprint density at radius 3 is 2.69 bits per heavy atom. The molecule has 2 rings (SSSR count). The van der Waals surface area contributed by atoms with E-state index in [2.05, 4.69) is 20.9 Å². The molecule has 0 saturated carbocycles. The van der Waals surface area contributed by atoms with Crippen molar-refractivity contribution >= 4 is 15.9 Å². The Morgan fingerprint density at radius 1 is 1.12 bits per heavy atom. The van der Waals surface area contributed by atoms with E-state index in [-0.39, 0.29) is 5.88 Å². The number of pyridine rings is 1. The van der Waals surface area contributed by atoms with Crippen molar-refractivity contribution in [3.8, 4) is 5.88 Å². The zero-order chi connectivity index (χ0) is 11.4. The highest BCUT2D eigenvalue weighted by atomic mass is 79.9. The Bertz CT molecular complexity index is 490. The van der Waals surface area contributed by atoms with Crippen LogP contribution < -0.4 is 4.74 Å². The summed E-state index contributed by atoms with van der Waals surface area (Å²) >= 11 is 3.41. The molecule has 1 aromatic heterocycles. The van der Waals surface area contributed by atoms with Crippen LogP contribution in [0.5, 0.6) is 5.88 Å². The first-order chi connectivity index (χ1) is 7.75. The van der Waals surface area contributed by atoms with Crippen molar-refractivity contribution in [2.45, 2.75) is 6.61 Å². The third-order valence-electron chi connectivity index (χ3n) is 2.02. The fourth-order valence-corrected chi connectivity index (χ4v) is 1.64. The minimum Gasteiger partial charge on any atom is -0.473 e. The SMILES string of the molecule is Fc1cccc(OCc2ccccc2Br)n1. The van der Waals surface area contributed by atoms with Gasteiger partial charge < -0.3 is 4.74 Å². The summed E-state index contributed by atoms with van der Waals surface area (Å²) in [5.74, 6) is -0.250. The second-order valence-electron chi connectivity index (χ2n) is 3.18. The standard InChI is InChI=1S/C12H9BrFNO/c13-10-5-2-1-4-9(10)8-16-12-7-3-6-11(14)15-12/h1-7H,8H2. The first-order valence-electron chi connectivity index (χ1n) is 4.74. The molecule has 16 heavy (non-hydrogen) atoms. The van der Waals surface area contributed by atoms with Crippen LogP contribution in [0.15, 0.2) is 46.9 Å². The topological polar surface area (TPSA) is 22.1 Å². The van der Waals surface area contributed by atoms with E-state index in [1.54, 1.807) is 12.1 Å². The average Bonchev–Trinajstić information content (AvgIpc) is 2.28. The summed E-state index contributed by atoms with van der Waals surface area (Å²) in [5.41, 5.74) is 0.994. The molecule has 0 radical (unpaired) electrons. The van der Waals surface area contributed by atoms with Gasteiger partial charge in [0.15, 0.2) is 0 Å². The predicted molar refractivity (Wildman–Crippen MR) is 62.7 cm³/mol. The van der Waals surface area contributed by atoms with Crippen LogP contribution >= 0.6 is 15.9 Å². The number of aromatic nitrogens is 1. The summed E-state index contributed by atoms with van der Waals surface area (Å²) in [7, 11) is 0. The monoisotopic (exact) mass is 281 g/mol. The second kappa shape index (κ2) is 5.07. The largest absolute Gasteiger partial charge is 0.473 e. The molecule has 0 aliphatic heterocycles. The van der Waals surface area contributed by atoms with Gasteiger partial charge in [0.05, 0.1) is 0 Å². The number of hydrogen-bond donors (Lipinski definition) is 0. The van der Waals surface area contributed by atoms with Gasteiger partial charge in [-0.2, -0.15) is 9.37 Å². The average molecular weight is 282 g/mol. The Morgan fingerprint density at radius 2 is 1.94 bits per heavy atom. The number of rotatable bonds is 3. The molecule has 0 saturated heterocycles. The van der Waals surface area contributed by atoms with Crippen molar-refractivity contribution in [2.24, 2.45) is 0 Å². The highest BCUT2D eigenvalue weighted by Crippen LogP contribution is 2.17. The number of halogens is 2. The summed E-state index contributed by atoms with van der Waals surface area (Å²) in [6.45, 7) is 0.359. The van der Waals surface area contributed by atoms with E-state index in [0.717, 1.165) is 10.0 Å². The van der Waals surface area contributed by atoms with Gasteiger partial charge in [-0.25, -0.2) is 0 Å². The first-order valence-corrected chi connectivity index (χ1v) is 5.54. The van der Waals surface area contributed by atoms with Crippen LogP contribution in [-0.2, 0) is 6.61 Å². The second-order valence-corrected chi connectivity index (χ2v) is 4.03. The van der Waals surface area contributed by atoms with Crippen molar-refractivity contribution in [1.82, 2.24) is 4.98 Å². The summed E-state index contributed by atoms with van der Waals surface area (Å²) < 4.78 is 19.1. The Labute approximate surface area is 101 Å². The molecular formula is C12H9BrFNO. The fourth-order valence-electron chi connectivity index (χ4n) is 1.24. The van der Waals surface area contributed by atoms with Crippen LogP contribution in [0.2, 0.25) is 0 Å². The van der Waals surface area contributed by atoms with E-state index < -0.39 is 5.95 Å². The van der Waals surface area contributed by atoms with Gasteiger partial charge >= 0.3 is 0 Å². The Balaban J connectivity index is 2.05. The number of benzene rings is 1. The van der Waals surface area contributed by atoms with Gasteiger partial charge in [0, 0.05) is 16.1 Å². The quantitative estimate of drug-likeness (QED) is 0.803. The highest BCUT2D eigenvalue weighted by Gasteiger charge is 2.01. The third kappa shape index (κ3) is 2.79. The van der Waals surface area contributed by atoms with E-state index in [9.17, 15) is 4.39 Å².